The molecule has 0 unspecified atom stereocenters. The van der Waals surface area contributed by atoms with Gasteiger partial charge in [0, 0.05) is 24.2 Å². The second-order valence-corrected chi connectivity index (χ2v) is 13.6. The van der Waals surface area contributed by atoms with E-state index in [2.05, 4.69) is 4.90 Å². The summed E-state index contributed by atoms with van der Waals surface area (Å²) in [5, 5.41) is 19.1. The summed E-state index contributed by atoms with van der Waals surface area (Å²) in [6.07, 6.45) is 3.19. The maximum absolute atomic E-state index is 13.7. The van der Waals surface area contributed by atoms with Gasteiger partial charge in [0.1, 0.15) is 22.3 Å². The van der Waals surface area contributed by atoms with Gasteiger partial charge in [-0.2, -0.15) is 4.73 Å². The normalized spacial score (nSPS) is 17.8. The fourth-order valence-electron chi connectivity index (χ4n) is 6.61. The Balaban J connectivity index is 0.00000175. The number of amides is 1. The molecule has 0 spiro atoms. The first-order valence-corrected chi connectivity index (χ1v) is 17.7. The zero-order chi connectivity index (χ0) is 38.1. The van der Waals surface area contributed by atoms with E-state index in [9.17, 15) is 14.8 Å². The second kappa shape index (κ2) is 18.1. The van der Waals surface area contributed by atoms with E-state index in [1.54, 1.807) is 47.4 Å². The van der Waals surface area contributed by atoms with Crippen molar-refractivity contribution in [2.45, 2.75) is 44.9 Å². The largest absolute Gasteiger partial charge is 0.619 e. The zero-order valence-corrected chi connectivity index (χ0v) is 31.1. The van der Waals surface area contributed by atoms with Crippen molar-refractivity contribution >= 4 is 47.4 Å². The molecule has 53 heavy (non-hydrogen) atoms. The molecule has 3 aliphatic heterocycles. The minimum absolute atomic E-state index is 0.0883. The molecule has 7 rings (SSSR count). The first-order chi connectivity index (χ1) is 25.5. The topological polar surface area (TPSA) is 142 Å². The van der Waals surface area contributed by atoms with Crippen LogP contribution >= 0.6 is 23.2 Å². The number of piperidine rings is 3. The highest BCUT2D eigenvalue weighted by Gasteiger charge is 2.37. The minimum Gasteiger partial charge on any atom is -0.619 e. The van der Waals surface area contributed by atoms with Gasteiger partial charge in [-0.25, -0.2) is 9.59 Å². The van der Waals surface area contributed by atoms with Crippen molar-refractivity contribution < 1.29 is 43.2 Å². The monoisotopic (exact) mass is 765 g/mol. The lowest BCUT2D eigenvalue weighted by molar-refractivity contribution is -0.605. The molecule has 0 radical (unpaired) electrons. The number of esters is 1. The Morgan fingerprint density at radius 2 is 1.66 bits per heavy atom. The van der Waals surface area contributed by atoms with Crippen LogP contribution in [0, 0.1) is 18.0 Å². The molecule has 0 aliphatic carbocycles. The molecule has 0 saturated carbocycles. The van der Waals surface area contributed by atoms with Gasteiger partial charge in [-0.3, -0.25) is 14.6 Å². The van der Waals surface area contributed by atoms with Crippen LogP contribution in [0.3, 0.4) is 0 Å². The third-order valence-corrected chi connectivity index (χ3v) is 10.0. The summed E-state index contributed by atoms with van der Waals surface area (Å²) in [7, 11) is 3.04. The lowest BCUT2D eigenvalue weighted by Gasteiger charge is -2.44. The van der Waals surface area contributed by atoms with Crippen LogP contribution in [-0.2, 0) is 27.2 Å². The molecule has 3 aromatic carbocycles. The van der Waals surface area contributed by atoms with Crippen LogP contribution in [0.2, 0.25) is 10.0 Å². The van der Waals surface area contributed by atoms with Gasteiger partial charge in [-0.05, 0) is 91.9 Å². The highest BCUT2D eigenvalue weighted by Crippen LogP contribution is 2.36. The van der Waals surface area contributed by atoms with Crippen LogP contribution in [0.15, 0.2) is 79.1 Å². The van der Waals surface area contributed by atoms with Crippen molar-refractivity contribution in [2.24, 2.45) is 5.92 Å². The van der Waals surface area contributed by atoms with E-state index in [-0.39, 0.29) is 35.6 Å². The molecule has 2 atom stereocenters. The summed E-state index contributed by atoms with van der Waals surface area (Å²) in [5.41, 5.74) is 3.92. The Morgan fingerprint density at radius 1 is 1.00 bits per heavy atom. The standard InChI is InChI=1S/C38H39Cl2N3O7.CH2O2/c1-24-5-4-6-29(17-24)43(38(45)50-36-23-41-15-13-26(36)14-16-41)20-25-7-9-27(10-8-25)37(44)49-34(19-30-31(39)21-42(46)22-32(30)40)28-11-12-33(47-2)35(18-28)48-3;2-1-3/h4-12,17-18,21-22,26,34,36H,13-16,19-20,23H2,1-3H3;1H,(H,2,3)/t34-,36-;/m0./s1. The van der Waals surface area contributed by atoms with Crippen molar-refractivity contribution in [3.63, 3.8) is 0 Å². The van der Waals surface area contributed by atoms with Gasteiger partial charge >= 0.3 is 12.1 Å². The molecule has 12 nitrogen and oxygen atoms in total. The number of carboxylic acid groups (broad SMARTS) is 1. The summed E-state index contributed by atoms with van der Waals surface area (Å²) in [5.74, 6) is 0.750. The molecule has 3 aliphatic rings. The number of anilines is 1. The molecular weight excluding hydrogens is 725 g/mol. The number of carbonyl (C=O) groups is 3. The molecule has 2 bridgehead atoms. The Morgan fingerprint density at radius 3 is 2.25 bits per heavy atom. The van der Waals surface area contributed by atoms with Crippen molar-refractivity contribution in [2.75, 3.05) is 38.8 Å². The number of aromatic nitrogens is 1. The number of hydrogen-bond donors (Lipinski definition) is 1. The number of methoxy groups -OCH3 is 2. The Kier molecular flexibility index (Phi) is 13.4. The number of aryl methyl sites for hydroxylation is 1. The van der Waals surface area contributed by atoms with Gasteiger partial charge < -0.3 is 29.3 Å². The molecule has 14 heteroatoms. The molecular formula is C39H41Cl2N3O9. The summed E-state index contributed by atoms with van der Waals surface area (Å²) in [6.45, 7) is 4.85. The number of nitrogens with zero attached hydrogens (tertiary/aromatic N) is 3. The lowest BCUT2D eigenvalue weighted by atomic mass is 9.86. The first-order valence-electron chi connectivity index (χ1n) is 17.0. The number of rotatable bonds is 11. The summed E-state index contributed by atoms with van der Waals surface area (Å²) >= 11 is 12.8. The molecule has 3 fully saturated rings. The average molecular weight is 767 g/mol. The third-order valence-electron chi connectivity index (χ3n) is 9.39. The fourth-order valence-corrected chi connectivity index (χ4v) is 7.21. The predicted octanol–water partition coefficient (Wildman–Crippen LogP) is 7.03. The SMILES string of the molecule is COc1ccc([C@H](Cc2c(Cl)c[n+]([O-])cc2Cl)OC(=O)c2ccc(CN(C(=O)O[C@H]3CN4CCC3CC4)c3cccc(C)c3)cc2)cc1OC.O=CO. The number of fused-ring (bicyclic) bond motifs is 3. The zero-order valence-electron chi connectivity index (χ0n) is 29.6. The van der Waals surface area contributed by atoms with Gasteiger partial charge in [0.2, 0.25) is 0 Å². The molecule has 1 N–H and O–H groups in total. The number of hydrogen-bond acceptors (Lipinski definition) is 9. The summed E-state index contributed by atoms with van der Waals surface area (Å²) in [6, 6.07) is 19.9. The van der Waals surface area contributed by atoms with Crippen LogP contribution < -0.4 is 19.1 Å². The van der Waals surface area contributed by atoms with Crippen LogP contribution in [0.5, 0.6) is 11.5 Å². The van der Waals surface area contributed by atoms with E-state index < -0.39 is 18.2 Å². The smallest absolute Gasteiger partial charge is 0.414 e. The highest BCUT2D eigenvalue weighted by atomic mass is 35.5. The van der Waals surface area contributed by atoms with E-state index >= 15 is 0 Å². The maximum atomic E-state index is 13.7. The van der Waals surface area contributed by atoms with Crippen molar-refractivity contribution in [1.29, 1.82) is 0 Å². The van der Waals surface area contributed by atoms with Crippen molar-refractivity contribution in [3.8, 4) is 11.5 Å². The number of carbonyl (C=O) groups excluding carboxylic acids is 2. The lowest BCUT2D eigenvalue weighted by Crippen LogP contribution is -2.53. The van der Waals surface area contributed by atoms with E-state index in [1.807, 2.05) is 31.2 Å². The van der Waals surface area contributed by atoms with Gasteiger partial charge in [-0.15, -0.1) is 0 Å². The van der Waals surface area contributed by atoms with Crippen LogP contribution in [-0.4, -0.2) is 68.5 Å². The van der Waals surface area contributed by atoms with Crippen LogP contribution in [0.1, 0.15) is 51.6 Å². The summed E-state index contributed by atoms with van der Waals surface area (Å²) in [4.78, 5) is 39.7. The minimum atomic E-state index is -0.850. The van der Waals surface area contributed by atoms with E-state index in [0.29, 0.717) is 38.8 Å². The number of pyridine rings is 1. The van der Waals surface area contributed by atoms with Gasteiger partial charge in [0.05, 0.1) is 26.3 Å². The fraction of sp³-hybridized carbons (Fsp3) is 0.333. The molecule has 4 heterocycles. The Bertz CT molecular complexity index is 1880. The highest BCUT2D eigenvalue weighted by molar-refractivity contribution is 6.35. The average Bonchev–Trinajstić information content (AvgIpc) is 3.15. The van der Waals surface area contributed by atoms with Crippen LogP contribution in [0.25, 0.3) is 0 Å². The number of benzene rings is 3. The molecule has 280 valence electrons. The van der Waals surface area contributed by atoms with E-state index in [4.69, 9.17) is 52.1 Å². The van der Waals surface area contributed by atoms with E-state index in [1.165, 1.54) is 26.6 Å². The predicted molar refractivity (Wildman–Crippen MR) is 199 cm³/mol. The number of ether oxygens (including phenoxy) is 4. The molecule has 1 amide bonds. The second-order valence-electron chi connectivity index (χ2n) is 12.8. The van der Waals surface area contributed by atoms with Crippen molar-refractivity contribution in [1.82, 2.24) is 4.90 Å². The summed E-state index contributed by atoms with van der Waals surface area (Å²) < 4.78 is 23.6. The molecule has 3 saturated heterocycles. The van der Waals surface area contributed by atoms with Gasteiger partial charge in [0.25, 0.3) is 6.47 Å². The Labute approximate surface area is 317 Å². The number of halogens is 2. The molecule has 1 aromatic heterocycles. The quantitative estimate of drug-likeness (QED) is 0.0732. The first kappa shape index (κ1) is 39.2. The third kappa shape index (κ3) is 9.89. The maximum Gasteiger partial charge on any atom is 0.414 e. The van der Waals surface area contributed by atoms with Crippen LogP contribution in [0.4, 0.5) is 10.5 Å². The van der Waals surface area contributed by atoms with Gasteiger partial charge in [-0.1, -0.05) is 53.5 Å². The van der Waals surface area contributed by atoms with Gasteiger partial charge in [0.15, 0.2) is 23.9 Å². The van der Waals surface area contributed by atoms with Crippen molar-refractivity contribution in [3.05, 3.63) is 122 Å². The Hall–Kier alpha value is -5.04. The van der Waals surface area contributed by atoms with E-state index in [0.717, 1.165) is 49.3 Å². The molecule has 4 aromatic rings.